The molecule has 2 nitrogen and oxygen atoms in total. The Labute approximate surface area is 136 Å². The first-order valence-corrected chi connectivity index (χ1v) is 7.81. The molecule has 118 valence electrons. The van der Waals surface area contributed by atoms with Crippen molar-refractivity contribution >= 4 is 24.0 Å². The van der Waals surface area contributed by atoms with Crippen LogP contribution in [0.25, 0.3) is 0 Å². The summed E-state index contributed by atoms with van der Waals surface area (Å²) in [6.45, 7) is 0.496. The van der Waals surface area contributed by atoms with Gasteiger partial charge in [0.05, 0.1) is 5.60 Å². The van der Waals surface area contributed by atoms with Crippen LogP contribution in [-0.2, 0) is 11.8 Å². The molecule has 21 heavy (non-hydrogen) atoms. The molecule has 0 heterocycles. The Morgan fingerprint density at radius 2 is 1.95 bits per heavy atom. The lowest BCUT2D eigenvalue weighted by molar-refractivity contribution is -0.0865. The van der Waals surface area contributed by atoms with E-state index in [9.17, 15) is 9.50 Å². The van der Waals surface area contributed by atoms with Crippen molar-refractivity contribution in [2.75, 3.05) is 6.54 Å². The maximum absolute atomic E-state index is 14.2. The van der Waals surface area contributed by atoms with Crippen molar-refractivity contribution in [3.63, 3.8) is 0 Å². The van der Waals surface area contributed by atoms with Crippen molar-refractivity contribution in [1.29, 1.82) is 0 Å². The third kappa shape index (κ3) is 2.48. The maximum Gasteiger partial charge on any atom is 0.128 e. The van der Waals surface area contributed by atoms with Gasteiger partial charge in [-0.2, -0.15) is 0 Å². The molecule has 1 aromatic rings. The molecule has 1 saturated carbocycles. The highest BCUT2D eigenvalue weighted by molar-refractivity contribution is 6.30. The molecule has 0 amide bonds. The van der Waals surface area contributed by atoms with E-state index >= 15 is 0 Å². The fourth-order valence-corrected chi connectivity index (χ4v) is 4.63. The molecule has 2 aliphatic carbocycles. The van der Waals surface area contributed by atoms with Crippen LogP contribution in [0.15, 0.2) is 12.1 Å². The number of fused-ring (bicyclic) bond motifs is 3. The number of rotatable bonds is 2. The van der Waals surface area contributed by atoms with Crippen molar-refractivity contribution in [1.82, 2.24) is 0 Å². The summed E-state index contributed by atoms with van der Waals surface area (Å²) in [6.07, 6.45) is 5.63. The molecule has 5 heteroatoms. The molecular formula is C16H22Cl2FNO. The number of aliphatic hydroxyl groups is 1. The molecule has 0 saturated heterocycles. The summed E-state index contributed by atoms with van der Waals surface area (Å²) < 4.78 is 14.2. The molecule has 0 spiro atoms. The molecule has 1 fully saturated rings. The topological polar surface area (TPSA) is 46.2 Å². The van der Waals surface area contributed by atoms with Crippen LogP contribution in [-0.4, -0.2) is 17.3 Å². The summed E-state index contributed by atoms with van der Waals surface area (Å²) >= 11 is 6.07. The van der Waals surface area contributed by atoms with Gasteiger partial charge in [0, 0.05) is 10.4 Å². The van der Waals surface area contributed by atoms with E-state index in [-0.39, 0.29) is 18.2 Å². The normalized spacial score (nSPS) is 31.0. The average Bonchev–Trinajstić information content (AvgIpc) is 2.39. The number of hydrogen-bond acceptors (Lipinski definition) is 2. The number of halogens is 3. The second kappa shape index (κ2) is 6.04. The zero-order valence-electron chi connectivity index (χ0n) is 12.0. The smallest absolute Gasteiger partial charge is 0.128 e. The van der Waals surface area contributed by atoms with E-state index in [1.54, 1.807) is 0 Å². The molecule has 0 bridgehead atoms. The van der Waals surface area contributed by atoms with Crippen LogP contribution in [0.3, 0.4) is 0 Å². The zero-order chi connectivity index (χ0) is 14.4. The molecule has 2 aliphatic rings. The lowest BCUT2D eigenvalue weighted by Gasteiger charge is -2.54. The third-order valence-electron chi connectivity index (χ3n) is 5.37. The number of hydrogen-bond donors (Lipinski definition) is 2. The van der Waals surface area contributed by atoms with Crippen LogP contribution in [0.2, 0.25) is 5.02 Å². The van der Waals surface area contributed by atoms with Gasteiger partial charge in [-0.05, 0) is 61.9 Å². The molecule has 0 unspecified atom stereocenters. The van der Waals surface area contributed by atoms with Gasteiger partial charge >= 0.3 is 0 Å². The van der Waals surface area contributed by atoms with Crippen molar-refractivity contribution in [3.05, 3.63) is 34.1 Å². The van der Waals surface area contributed by atoms with Gasteiger partial charge in [-0.3, -0.25) is 0 Å². The summed E-state index contributed by atoms with van der Waals surface area (Å²) in [5.74, 6) is -0.239. The minimum atomic E-state index is -0.755. The SMILES string of the molecule is Cl.NCC[C@]12CCCC[C@@]1(O)CCc1c(F)cc(Cl)cc12. The first kappa shape index (κ1) is 17.0. The minimum Gasteiger partial charge on any atom is -0.389 e. The summed E-state index contributed by atoms with van der Waals surface area (Å²) in [7, 11) is 0. The Morgan fingerprint density at radius 3 is 2.67 bits per heavy atom. The van der Waals surface area contributed by atoms with E-state index in [0.717, 1.165) is 36.8 Å². The van der Waals surface area contributed by atoms with E-state index in [4.69, 9.17) is 17.3 Å². The first-order chi connectivity index (χ1) is 9.52. The Hall–Kier alpha value is -0.350. The van der Waals surface area contributed by atoms with Crippen LogP contribution in [0.5, 0.6) is 0 Å². The van der Waals surface area contributed by atoms with Crippen LogP contribution >= 0.6 is 24.0 Å². The highest BCUT2D eigenvalue weighted by Crippen LogP contribution is 2.55. The van der Waals surface area contributed by atoms with Crippen molar-refractivity contribution in [2.24, 2.45) is 5.73 Å². The summed E-state index contributed by atoms with van der Waals surface area (Å²) in [5.41, 5.74) is 6.28. The van der Waals surface area contributed by atoms with Gasteiger partial charge in [0.1, 0.15) is 5.82 Å². The lowest BCUT2D eigenvalue weighted by atomic mass is 9.53. The van der Waals surface area contributed by atoms with Gasteiger partial charge in [-0.25, -0.2) is 4.39 Å². The van der Waals surface area contributed by atoms with Gasteiger partial charge < -0.3 is 10.8 Å². The van der Waals surface area contributed by atoms with Gasteiger partial charge in [0.25, 0.3) is 0 Å². The Kier molecular flexibility index (Phi) is 4.89. The fourth-order valence-electron chi connectivity index (χ4n) is 4.42. The van der Waals surface area contributed by atoms with Crippen LogP contribution in [0, 0.1) is 5.82 Å². The van der Waals surface area contributed by atoms with Crippen molar-refractivity contribution in [3.8, 4) is 0 Å². The molecule has 3 rings (SSSR count). The lowest BCUT2D eigenvalue weighted by Crippen LogP contribution is -2.57. The summed E-state index contributed by atoms with van der Waals surface area (Å²) in [5, 5.41) is 11.6. The maximum atomic E-state index is 14.2. The second-order valence-electron chi connectivity index (χ2n) is 6.27. The van der Waals surface area contributed by atoms with Gasteiger partial charge in [-0.15, -0.1) is 12.4 Å². The molecule has 1 aromatic carbocycles. The predicted octanol–water partition coefficient (Wildman–Crippen LogP) is 3.74. The van der Waals surface area contributed by atoms with Crippen molar-refractivity contribution < 1.29 is 9.50 Å². The molecule has 0 aliphatic heterocycles. The van der Waals surface area contributed by atoms with Crippen LogP contribution < -0.4 is 5.73 Å². The highest BCUT2D eigenvalue weighted by Gasteiger charge is 2.55. The van der Waals surface area contributed by atoms with Gasteiger partial charge in [0.15, 0.2) is 0 Å². The standard InChI is InChI=1S/C16H21ClFNO.ClH/c17-11-9-13-12(14(18)10-11)3-6-16(20)5-2-1-4-15(13,16)7-8-19;/h9-10,20H,1-8,19H2;1H/t15-,16+;/m0./s1. The Morgan fingerprint density at radius 1 is 1.24 bits per heavy atom. The molecule has 0 aromatic heterocycles. The summed E-state index contributed by atoms with van der Waals surface area (Å²) in [6, 6.07) is 3.23. The molecule has 3 N–H and O–H groups in total. The van der Waals surface area contributed by atoms with E-state index < -0.39 is 11.0 Å². The quantitative estimate of drug-likeness (QED) is 0.865. The van der Waals surface area contributed by atoms with Crippen LogP contribution in [0.4, 0.5) is 4.39 Å². The monoisotopic (exact) mass is 333 g/mol. The molecular weight excluding hydrogens is 312 g/mol. The largest absolute Gasteiger partial charge is 0.389 e. The van der Waals surface area contributed by atoms with E-state index in [0.29, 0.717) is 30.8 Å². The van der Waals surface area contributed by atoms with E-state index in [2.05, 4.69) is 0 Å². The zero-order valence-corrected chi connectivity index (χ0v) is 13.6. The summed E-state index contributed by atoms with van der Waals surface area (Å²) in [4.78, 5) is 0. The van der Waals surface area contributed by atoms with Crippen LogP contribution in [0.1, 0.15) is 49.7 Å². The minimum absolute atomic E-state index is 0. The third-order valence-corrected chi connectivity index (χ3v) is 5.59. The van der Waals surface area contributed by atoms with E-state index in [1.165, 1.54) is 6.07 Å². The van der Waals surface area contributed by atoms with Crippen molar-refractivity contribution in [2.45, 2.75) is 56.0 Å². The number of nitrogens with two attached hydrogens (primary N) is 1. The average molecular weight is 334 g/mol. The first-order valence-electron chi connectivity index (χ1n) is 7.43. The number of benzene rings is 1. The Bertz CT molecular complexity index is 535. The molecule has 0 radical (unpaired) electrons. The second-order valence-corrected chi connectivity index (χ2v) is 6.71. The molecule has 2 atom stereocenters. The highest BCUT2D eigenvalue weighted by atomic mass is 35.5. The fraction of sp³-hybridized carbons (Fsp3) is 0.625. The Balaban J connectivity index is 0.00000161. The van der Waals surface area contributed by atoms with E-state index in [1.807, 2.05) is 6.07 Å². The van der Waals surface area contributed by atoms with Gasteiger partial charge in [-0.1, -0.05) is 24.4 Å². The van der Waals surface area contributed by atoms with Gasteiger partial charge in [0.2, 0.25) is 0 Å². The predicted molar refractivity (Wildman–Crippen MR) is 85.7 cm³/mol.